The lowest BCUT2D eigenvalue weighted by Crippen LogP contribution is -2.13. The molecule has 1 aromatic carbocycles. The van der Waals surface area contributed by atoms with E-state index in [0.717, 1.165) is 0 Å². The average Bonchev–Trinajstić information content (AvgIpc) is 2.91. The summed E-state index contributed by atoms with van der Waals surface area (Å²) < 4.78 is 6.55. The zero-order valence-electron chi connectivity index (χ0n) is 10.4. The van der Waals surface area contributed by atoms with Crippen molar-refractivity contribution in [3.63, 3.8) is 0 Å². The van der Waals surface area contributed by atoms with E-state index in [1.807, 2.05) is 0 Å². The Hall–Kier alpha value is -2.56. The highest BCUT2D eigenvalue weighted by Gasteiger charge is 2.20. The summed E-state index contributed by atoms with van der Waals surface area (Å²) in [6.45, 7) is 1.94. The maximum atomic E-state index is 11.9. The molecule has 0 saturated heterocycles. The smallest absolute Gasteiger partial charge is 0.340 e. The maximum absolute atomic E-state index is 11.9. The summed E-state index contributed by atoms with van der Waals surface area (Å²) in [6.07, 6.45) is 3.37. The van der Waals surface area contributed by atoms with Crippen molar-refractivity contribution in [2.24, 2.45) is 0 Å². The molecule has 1 aromatic heterocycles. The lowest BCUT2D eigenvalue weighted by atomic mass is 10.1. The highest BCUT2D eigenvalue weighted by Crippen LogP contribution is 2.21. The van der Waals surface area contributed by atoms with Gasteiger partial charge in [-0.05, 0) is 31.2 Å². The first kappa shape index (κ1) is 12.9. The first-order valence-electron chi connectivity index (χ1n) is 5.82. The van der Waals surface area contributed by atoms with Gasteiger partial charge >= 0.3 is 11.9 Å². The topological polar surface area (TPSA) is 68.5 Å². The van der Waals surface area contributed by atoms with Gasteiger partial charge in [0.15, 0.2) is 0 Å². The monoisotopic (exact) mass is 259 g/mol. The highest BCUT2D eigenvalue weighted by atomic mass is 16.5. The molecule has 0 unspecified atom stereocenters. The molecule has 1 N–H and O–H groups in total. The molecule has 98 valence electrons. The normalized spacial score (nSPS) is 10.2. The lowest BCUT2D eigenvalue weighted by molar-refractivity contribution is 0.0526. The molecule has 19 heavy (non-hydrogen) atoms. The van der Waals surface area contributed by atoms with Crippen molar-refractivity contribution >= 4 is 11.9 Å². The third-order valence-electron chi connectivity index (χ3n) is 2.62. The summed E-state index contributed by atoms with van der Waals surface area (Å²) in [7, 11) is 0. The van der Waals surface area contributed by atoms with E-state index in [-0.39, 0.29) is 17.7 Å². The number of aromatic carboxylic acids is 1. The number of esters is 1. The van der Waals surface area contributed by atoms with Crippen LogP contribution in [-0.4, -0.2) is 28.2 Å². The molecule has 0 spiro atoms. The summed E-state index contributed by atoms with van der Waals surface area (Å²) in [5, 5.41) is 9.24. The van der Waals surface area contributed by atoms with Gasteiger partial charge in [-0.25, -0.2) is 9.59 Å². The molecule has 5 nitrogen and oxygen atoms in total. The van der Waals surface area contributed by atoms with E-state index in [2.05, 4.69) is 0 Å². The number of ether oxygens (including phenoxy) is 1. The minimum Gasteiger partial charge on any atom is -0.478 e. The number of nitrogens with zero attached hydrogens (tertiary/aromatic N) is 1. The second-order valence-electron chi connectivity index (χ2n) is 3.82. The molecule has 1 heterocycles. The second-order valence-corrected chi connectivity index (χ2v) is 3.82. The standard InChI is InChI=1S/C14H13NO4/c1-2-19-14(18)11-7-5-6-10(13(16)17)12(11)15-8-3-4-9-15/h3-9H,2H2,1H3,(H,16,17). The van der Waals surface area contributed by atoms with Crippen LogP contribution >= 0.6 is 0 Å². The van der Waals surface area contributed by atoms with Gasteiger partial charge in [0, 0.05) is 12.4 Å². The number of hydrogen-bond donors (Lipinski definition) is 1. The van der Waals surface area contributed by atoms with Crippen molar-refractivity contribution in [1.82, 2.24) is 4.57 Å². The van der Waals surface area contributed by atoms with Crippen LogP contribution < -0.4 is 0 Å². The van der Waals surface area contributed by atoms with Crippen LogP contribution in [0.15, 0.2) is 42.7 Å². The molecule has 2 aromatic rings. The quantitative estimate of drug-likeness (QED) is 0.856. The summed E-state index contributed by atoms with van der Waals surface area (Å²) in [6, 6.07) is 8.06. The Morgan fingerprint density at radius 1 is 1.16 bits per heavy atom. The Bertz CT molecular complexity index is 602. The predicted octanol–water partition coefficient (Wildman–Crippen LogP) is 2.35. The molecule has 0 atom stereocenters. The van der Waals surface area contributed by atoms with Gasteiger partial charge in [-0.15, -0.1) is 0 Å². The van der Waals surface area contributed by atoms with Gasteiger partial charge in [0.2, 0.25) is 0 Å². The fourth-order valence-electron chi connectivity index (χ4n) is 1.85. The number of carboxylic acids is 1. The molecule has 2 rings (SSSR count). The van der Waals surface area contributed by atoms with Gasteiger partial charge in [0.05, 0.1) is 23.4 Å². The molecule has 0 amide bonds. The molecule has 0 bridgehead atoms. The molecule has 0 saturated carbocycles. The molecular formula is C14H13NO4. The van der Waals surface area contributed by atoms with E-state index in [0.29, 0.717) is 5.69 Å². The first-order chi connectivity index (χ1) is 9.15. The largest absolute Gasteiger partial charge is 0.478 e. The maximum Gasteiger partial charge on any atom is 0.340 e. The zero-order chi connectivity index (χ0) is 13.8. The average molecular weight is 259 g/mol. The number of carboxylic acid groups (broad SMARTS) is 1. The molecule has 0 radical (unpaired) electrons. The van der Waals surface area contributed by atoms with E-state index < -0.39 is 11.9 Å². The van der Waals surface area contributed by atoms with E-state index in [4.69, 9.17) is 4.74 Å². The Kier molecular flexibility index (Phi) is 3.66. The number of aromatic nitrogens is 1. The van der Waals surface area contributed by atoms with Crippen LogP contribution in [0.3, 0.4) is 0 Å². The van der Waals surface area contributed by atoms with Crippen LogP contribution in [0.25, 0.3) is 5.69 Å². The Morgan fingerprint density at radius 2 is 1.79 bits per heavy atom. The predicted molar refractivity (Wildman–Crippen MR) is 68.7 cm³/mol. The SMILES string of the molecule is CCOC(=O)c1cccc(C(=O)O)c1-n1cccc1. The van der Waals surface area contributed by atoms with Crippen molar-refractivity contribution in [2.45, 2.75) is 6.92 Å². The number of rotatable bonds is 4. The molecular weight excluding hydrogens is 246 g/mol. The number of hydrogen-bond acceptors (Lipinski definition) is 3. The molecule has 0 aliphatic rings. The van der Waals surface area contributed by atoms with Gasteiger partial charge in [-0.2, -0.15) is 0 Å². The molecule has 0 fully saturated rings. The van der Waals surface area contributed by atoms with E-state index >= 15 is 0 Å². The van der Waals surface area contributed by atoms with Crippen LogP contribution in [0.4, 0.5) is 0 Å². The Balaban J connectivity index is 2.64. The summed E-state index contributed by atoms with van der Waals surface area (Å²) in [5.41, 5.74) is 0.609. The van der Waals surface area contributed by atoms with Crippen LogP contribution in [0.5, 0.6) is 0 Å². The number of carbonyl (C=O) groups is 2. The van der Waals surface area contributed by atoms with Gasteiger partial charge in [-0.3, -0.25) is 0 Å². The highest BCUT2D eigenvalue weighted by molar-refractivity contribution is 6.01. The van der Waals surface area contributed by atoms with Crippen molar-refractivity contribution in [3.8, 4) is 5.69 Å². The molecule has 0 aliphatic carbocycles. The van der Waals surface area contributed by atoms with Crippen molar-refractivity contribution in [1.29, 1.82) is 0 Å². The van der Waals surface area contributed by atoms with Gasteiger partial charge in [-0.1, -0.05) is 6.07 Å². The van der Waals surface area contributed by atoms with Crippen molar-refractivity contribution < 1.29 is 19.4 Å². The third-order valence-corrected chi connectivity index (χ3v) is 2.62. The third kappa shape index (κ3) is 2.49. The summed E-state index contributed by atoms with van der Waals surface area (Å²) >= 11 is 0. The fraction of sp³-hybridized carbons (Fsp3) is 0.143. The lowest BCUT2D eigenvalue weighted by Gasteiger charge is -2.12. The fourth-order valence-corrected chi connectivity index (χ4v) is 1.85. The summed E-state index contributed by atoms with van der Waals surface area (Å²) in [4.78, 5) is 23.2. The van der Waals surface area contributed by atoms with Crippen molar-refractivity contribution in [3.05, 3.63) is 53.9 Å². The van der Waals surface area contributed by atoms with Crippen molar-refractivity contribution in [2.75, 3.05) is 6.61 Å². The molecule has 5 heteroatoms. The van der Waals surface area contributed by atoms with Gasteiger partial charge in [0.25, 0.3) is 0 Å². The Labute approximate surface area is 110 Å². The van der Waals surface area contributed by atoms with E-state index in [1.54, 1.807) is 42.1 Å². The van der Waals surface area contributed by atoms with Crippen LogP contribution in [-0.2, 0) is 4.74 Å². The summed E-state index contributed by atoms with van der Waals surface area (Å²) in [5.74, 6) is -1.62. The number of benzene rings is 1. The van der Waals surface area contributed by atoms with Crippen LogP contribution in [0.1, 0.15) is 27.6 Å². The Morgan fingerprint density at radius 3 is 2.37 bits per heavy atom. The first-order valence-corrected chi connectivity index (χ1v) is 5.82. The molecule has 0 aliphatic heterocycles. The minimum absolute atomic E-state index is 0.0572. The van der Waals surface area contributed by atoms with Gasteiger partial charge in [0.1, 0.15) is 0 Å². The van der Waals surface area contributed by atoms with Crippen LogP contribution in [0, 0.1) is 0 Å². The minimum atomic E-state index is -1.09. The zero-order valence-corrected chi connectivity index (χ0v) is 10.4. The van der Waals surface area contributed by atoms with E-state index in [9.17, 15) is 14.7 Å². The van der Waals surface area contributed by atoms with Gasteiger partial charge < -0.3 is 14.4 Å². The number of para-hydroxylation sites is 1. The number of carbonyl (C=O) groups excluding carboxylic acids is 1. The second kappa shape index (κ2) is 5.39. The van der Waals surface area contributed by atoms with Crippen LogP contribution in [0.2, 0.25) is 0 Å². The van der Waals surface area contributed by atoms with E-state index in [1.165, 1.54) is 12.1 Å².